The van der Waals surface area contributed by atoms with Crippen molar-refractivity contribution in [3.8, 4) is 5.75 Å². The molecule has 0 aliphatic carbocycles. The number of carbonyl (C=O) groups excluding carboxylic acids is 1. The van der Waals surface area contributed by atoms with Crippen LogP contribution in [0.3, 0.4) is 0 Å². The number of aromatic nitrogens is 2. The van der Waals surface area contributed by atoms with Crippen molar-refractivity contribution < 1.29 is 9.53 Å². The first-order chi connectivity index (χ1) is 12.0. The monoisotopic (exact) mass is 373 g/mol. The van der Waals surface area contributed by atoms with E-state index in [1.807, 2.05) is 50.4 Å². The molecular formula is C18H19N3O2S2. The molecule has 2 aromatic heterocycles. The number of nitrogens with one attached hydrogen (secondary N) is 1. The number of rotatable bonds is 5. The summed E-state index contributed by atoms with van der Waals surface area (Å²) in [4.78, 5) is 21.3. The third-order valence-electron chi connectivity index (χ3n) is 3.72. The Morgan fingerprint density at radius 1 is 1.32 bits per heavy atom. The van der Waals surface area contributed by atoms with E-state index in [4.69, 9.17) is 4.74 Å². The lowest BCUT2D eigenvalue weighted by Gasteiger charge is -2.13. The number of nitrogens with zero attached hydrogens (tertiary/aromatic N) is 2. The first-order valence-corrected chi connectivity index (χ1v) is 9.58. The number of anilines is 1. The van der Waals surface area contributed by atoms with Gasteiger partial charge >= 0.3 is 0 Å². The molecule has 0 spiro atoms. The number of hydrogen-bond acceptors (Lipinski definition) is 6. The number of aryl methyl sites for hydroxylation is 2. The van der Waals surface area contributed by atoms with Crippen LogP contribution in [0.1, 0.15) is 18.2 Å². The molecule has 5 nitrogen and oxygen atoms in total. The van der Waals surface area contributed by atoms with Gasteiger partial charge in [-0.25, -0.2) is 9.97 Å². The minimum Gasteiger partial charge on any atom is -0.494 e. The number of carbonyl (C=O) groups is 1. The Bertz CT molecular complexity index is 924. The summed E-state index contributed by atoms with van der Waals surface area (Å²) >= 11 is 2.85. The Balaban J connectivity index is 1.80. The molecule has 3 rings (SSSR count). The van der Waals surface area contributed by atoms with Crippen LogP contribution in [0.5, 0.6) is 5.75 Å². The molecule has 130 valence electrons. The van der Waals surface area contributed by atoms with Gasteiger partial charge in [-0.2, -0.15) is 0 Å². The van der Waals surface area contributed by atoms with Crippen molar-refractivity contribution in [3.63, 3.8) is 0 Å². The van der Waals surface area contributed by atoms with Crippen LogP contribution < -0.4 is 10.1 Å². The topological polar surface area (TPSA) is 64.1 Å². The van der Waals surface area contributed by atoms with Crippen LogP contribution in [-0.2, 0) is 4.79 Å². The number of para-hydroxylation sites is 1. The van der Waals surface area contributed by atoms with Crippen LogP contribution in [0, 0.1) is 13.8 Å². The largest absolute Gasteiger partial charge is 0.494 e. The van der Waals surface area contributed by atoms with E-state index in [2.05, 4.69) is 15.3 Å². The molecule has 0 radical (unpaired) electrons. The molecule has 0 aliphatic rings. The van der Waals surface area contributed by atoms with Gasteiger partial charge in [0.1, 0.15) is 11.3 Å². The van der Waals surface area contributed by atoms with Crippen molar-refractivity contribution in [1.29, 1.82) is 0 Å². The standard InChI is InChI=1S/C18H19N3O2S2/c1-10-8-15(20-16-13(10)6-5-7-14(16)23-4)25-12(3)17(22)21-18-19-11(2)9-24-18/h5-9,12H,1-4H3,(H,19,21,22). The molecule has 0 saturated heterocycles. The highest BCUT2D eigenvalue weighted by Crippen LogP contribution is 2.31. The Morgan fingerprint density at radius 3 is 2.80 bits per heavy atom. The van der Waals surface area contributed by atoms with E-state index in [9.17, 15) is 4.79 Å². The molecule has 1 aromatic carbocycles. The molecule has 1 N–H and O–H groups in total. The summed E-state index contributed by atoms with van der Waals surface area (Å²) in [5.74, 6) is 0.650. The van der Waals surface area contributed by atoms with E-state index in [1.165, 1.54) is 23.1 Å². The number of thioether (sulfide) groups is 1. The molecule has 25 heavy (non-hydrogen) atoms. The van der Waals surface area contributed by atoms with Gasteiger partial charge in [0, 0.05) is 10.8 Å². The Kier molecular flexibility index (Phi) is 5.24. The molecule has 1 amide bonds. The van der Waals surface area contributed by atoms with Crippen molar-refractivity contribution in [1.82, 2.24) is 9.97 Å². The van der Waals surface area contributed by atoms with Gasteiger partial charge in [-0.15, -0.1) is 11.3 Å². The summed E-state index contributed by atoms with van der Waals surface area (Å²) in [7, 11) is 1.64. The highest BCUT2D eigenvalue weighted by Gasteiger charge is 2.18. The number of ether oxygens (including phenoxy) is 1. The number of hydrogen-bond donors (Lipinski definition) is 1. The van der Waals surface area contributed by atoms with Crippen molar-refractivity contribution >= 4 is 45.0 Å². The van der Waals surface area contributed by atoms with Gasteiger partial charge < -0.3 is 10.1 Å². The first-order valence-electron chi connectivity index (χ1n) is 7.82. The van der Waals surface area contributed by atoms with Crippen LogP contribution in [0.25, 0.3) is 10.9 Å². The van der Waals surface area contributed by atoms with Crippen molar-refractivity contribution in [2.75, 3.05) is 12.4 Å². The fourth-order valence-electron chi connectivity index (χ4n) is 2.44. The maximum Gasteiger partial charge on any atom is 0.239 e. The van der Waals surface area contributed by atoms with Crippen LogP contribution in [0.4, 0.5) is 5.13 Å². The summed E-state index contributed by atoms with van der Waals surface area (Å²) < 4.78 is 5.41. The minimum atomic E-state index is -0.289. The fraction of sp³-hybridized carbons (Fsp3) is 0.278. The van der Waals surface area contributed by atoms with Crippen LogP contribution in [0.15, 0.2) is 34.7 Å². The molecule has 0 bridgehead atoms. The van der Waals surface area contributed by atoms with Crippen LogP contribution >= 0.6 is 23.1 Å². The van der Waals surface area contributed by atoms with Crippen molar-refractivity contribution in [2.24, 2.45) is 0 Å². The molecule has 1 unspecified atom stereocenters. The molecule has 7 heteroatoms. The van der Waals surface area contributed by atoms with Crippen LogP contribution in [0.2, 0.25) is 0 Å². The Hall–Kier alpha value is -2.12. The second-order valence-electron chi connectivity index (χ2n) is 5.68. The van der Waals surface area contributed by atoms with E-state index in [-0.39, 0.29) is 11.2 Å². The average molecular weight is 374 g/mol. The number of pyridine rings is 1. The minimum absolute atomic E-state index is 0.0843. The molecule has 3 aromatic rings. The summed E-state index contributed by atoms with van der Waals surface area (Å²) in [5.41, 5.74) is 2.82. The normalized spacial score (nSPS) is 12.2. The SMILES string of the molecule is COc1cccc2c(C)cc(SC(C)C(=O)Nc3nc(C)cs3)nc12. The Morgan fingerprint density at radius 2 is 2.12 bits per heavy atom. The second-order valence-corrected chi connectivity index (χ2v) is 7.90. The van der Waals surface area contributed by atoms with Gasteiger partial charge in [-0.1, -0.05) is 23.9 Å². The summed E-state index contributed by atoms with van der Waals surface area (Å²) in [6.45, 7) is 5.81. The van der Waals surface area contributed by atoms with Crippen LogP contribution in [-0.4, -0.2) is 28.2 Å². The molecule has 0 aliphatic heterocycles. The number of methoxy groups -OCH3 is 1. The lowest BCUT2D eigenvalue weighted by Crippen LogP contribution is -2.22. The van der Waals surface area contributed by atoms with Gasteiger partial charge in [-0.3, -0.25) is 4.79 Å². The molecule has 0 fully saturated rings. The van der Waals surface area contributed by atoms with E-state index in [0.29, 0.717) is 5.13 Å². The molecular weight excluding hydrogens is 354 g/mol. The number of thiazole rings is 1. The van der Waals surface area contributed by atoms with Gasteiger partial charge in [-0.05, 0) is 38.5 Å². The number of fused-ring (bicyclic) bond motifs is 1. The lowest BCUT2D eigenvalue weighted by molar-refractivity contribution is -0.115. The molecule has 2 heterocycles. The maximum absolute atomic E-state index is 12.4. The zero-order chi connectivity index (χ0) is 18.0. The zero-order valence-electron chi connectivity index (χ0n) is 14.5. The van der Waals surface area contributed by atoms with E-state index in [1.54, 1.807) is 7.11 Å². The highest BCUT2D eigenvalue weighted by atomic mass is 32.2. The smallest absolute Gasteiger partial charge is 0.239 e. The number of amides is 1. The summed E-state index contributed by atoms with van der Waals surface area (Å²) in [5, 5.41) is 6.95. The van der Waals surface area contributed by atoms with Gasteiger partial charge in [0.25, 0.3) is 0 Å². The van der Waals surface area contributed by atoms with Gasteiger partial charge in [0.05, 0.1) is 23.1 Å². The predicted molar refractivity (Wildman–Crippen MR) is 104 cm³/mol. The third-order valence-corrected chi connectivity index (χ3v) is 5.62. The van der Waals surface area contributed by atoms with Crippen molar-refractivity contribution in [2.45, 2.75) is 31.0 Å². The average Bonchev–Trinajstić information content (AvgIpc) is 2.99. The third kappa shape index (κ3) is 3.93. The van der Waals surface area contributed by atoms with E-state index < -0.39 is 0 Å². The first kappa shape index (κ1) is 17.7. The Labute approximate surface area is 154 Å². The van der Waals surface area contributed by atoms with E-state index in [0.717, 1.165) is 32.9 Å². The predicted octanol–water partition coefficient (Wildman–Crippen LogP) is 4.44. The summed E-state index contributed by atoms with van der Waals surface area (Å²) in [6, 6.07) is 7.87. The van der Waals surface area contributed by atoms with E-state index >= 15 is 0 Å². The quantitative estimate of drug-likeness (QED) is 0.670. The summed E-state index contributed by atoms with van der Waals surface area (Å²) in [6.07, 6.45) is 0. The fourth-order valence-corrected chi connectivity index (χ4v) is 4.05. The van der Waals surface area contributed by atoms with Gasteiger partial charge in [0.15, 0.2) is 5.13 Å². The second kappa shape index (κ2) is 7.41. The van der Waals surface area contributed by atoms with Gasteiger partial charge in [0.2, 0.25) is 5.91 Å². The number of benzene rings is 1. The maximum atomic E-state index is 12.4. The zero-order valence-corrected chi connectivity index (χ0v) is 16.1. The van der Waals surface area contributed by atoms with Crippen molar-refractivity contribution in [3.05, 3.63) is 40.9 Å². The highest BCUT2D eigenvalue weighted by molar-refractivity contribution is 8.00. The lowest BCUT2D eigenvalue weighted by atomic mass is 10.1. The molecule has 1 atom stereocenters. The molecule has 0 saturated carbocycles.